The van der Waals surface area contributed by atoms with Crippen LogP contribution in [0.1, 0.15) is 27.9 Å². The summed E-state index contributed by atoms with van der Waals surface area (Å²) >= 11 is 1.48. The van der Waals surface area contributed by atoms with E-state index in [1.54, 1.807) is 0 Å². The van der Waals surface area contributed by atoms with Gasteiger partial charge in [-0.15, -0.1) is 11.8 Å². The number of benzene rings is 2. The molecule has 1 aliphatic rings. The second-order valence-corrected chi connectivity index (χ2v) is 7.14. The number of nitrogens with zero attached hydrogens (tertiary/aromatic N) is 1. The van der Waals surface area contributed by atoms with Crippen molar-refractivity contribution in [2.75, 3.05) is 16.8 Å². The SMILES string of the molecule is Cc1ccc(NC(=O)CSCC2=Nc3ccccc3C(=O)C2)c(C)c1. The first-order chi connectivity index (χ1) is 12.0. The summed E-state index contributed by atoms with van der Waals surface area (Å²) in [6.07, 6.45) is 0.336. The number of nitrogens with one attached hydrogen (secondary N) is 1. The fourth-order valence-electron chi connectivity index (χ4n) is 2.78. The zero-order valence-electron chi connectivity index (χ0n) is 14.3. The number of carbonyl (C=O) groups is 2. The molecule has 0 bridgehead atoms. The van der Waals surface area contributed by atoms with Gasteiger partial charge < -0.3 is 5.32 Å². The molecule has 0 spiro atoms. The number of thioether (sulfide) groups is 1. The number of amides is 1. The number of aryl methyl sites for hydroxylation is 2. The van der Waals surface area contributed by atoms with E-state index in [2.05, 4.69) is 10.3 Å². The second-order valence-electron chi connectivity index (χ2n) is 6.15. The molecule has 0 unspecified atom stereocenters. The van der Waals surface area contributed by atoms with E-state index < -0.39 is 0 Å². The number of para-hydroxylation sites is 1. The highest BCUT2D eigenvalue weighted by atomic mass is 32.2. The molecule has 4 nitrogen and oxygen atoms in total. The molecule has 2 aromatic rings. The van der Waals surface area contributed by atoms with Crippen LogP contribution in [0.5, 0.6) is 0 Å². The lowest BCUT2D eigenvalue weighted by molar-refractivity contribution is -0.113. The van der Waals surface area contributed by atoms with Crippen LogP contribution in [-0.2, 0) is 4.79 Å². The van der Waals surface area contributed by atoms with E-state index in [1.807, 2.05) is 56.3 Å². The van der Waals surface area contributed by atoms with E-state index in [-0.39, 0.29) is 11.7 Å². The molecule has 1 aliphatic heterocycles. The van der Waals surface area contributed by atoms with Crippen molar-refractivity contribution >= 4 is 40.5 Å². The smallest absolute Gasteiger partial charge is 0.234 e. The molecule has 1 heterocycles. The number of rotatable bonds is 5. The number of aliphatic imine (C=N–C) groups is 1. The number of carbonyl (C=O) groups excluding carboxylic acids is 2. The highest BCUT2D eigenvalue weighted by Crippen LogP contribution is 2.26. The normalized spacial score (nSPS) is 13.2. The number of hydrogen-bond acceptors (Lipinski definition) is 4. The zero-order valence-corrected chi connectivity index (χ0v) is 15.2. The second kappa shape index (κ2) is 7.66. The first-order valence-electron chi connectivity index (χ1n) is 8.16. The Morgan fingerprint density at radius 2 is 2.00 bits per heavy atom. The Hall–Kier alpha value is -2.40. The predicted octanol–water partition coefficient (Wildman–Crippen LogP) is 4.33. The molecular formula is C20H20N2O2S. The van der Waals surface area contributed by atoms with Gasteiger partial charge in [0.1, 0.15) is 0 Å². The molecule has 3 rings (SSSR count). The standard InChI is InChI=1S/C20H20N2O2S/c1-13-7-8-17(14(2)9-13)22-20(24)12-25-11-15-10-19(23)16-5-3-4-6-18(16)21-15/h3-9H,10-12H2,1-2H3,(H,22,24). The van der Waals surface area contributed by atoms with Crippen molar-refractivity contribution in [3.05, 3.63) is 59.2 Å². The van der Waals surface area contributed by atoms with Gasteiger partial charge in [-0.05, 0) is 37.6 Å². The molecule has 2 aromatic carbocycles. The van der Waals surface area contributed by atoms with Gasteiger partial charge in [0.15, 0.2) is 5.78 Å². The summed E-state index contributed by atoms with van der Waals surface area (Å²) in [5.41, 5.74) is 5.31. The Kier molecular flexibility index (Phi) is 5.34. The van der Waals surface area contributed by atoms with Crippen LogP contribution in [0.4, 0.5) is 11.4 Å². The van der Waals surface area contributed by atoms with Crippen molar-refractivity contribution < 1.29 is 9.59 Å². The summed E-state index contributed by atoms with van der Waals surface area (Å²) in [7, 11) is 0. The lowest BCUT2D eigenvalue weighted by Gasteiger charge is -2.14. The first kappa shape index (κ1) is 17.4. The Morgan fingerprint density at radius 3 is 2.80 bits per heavy atom. The van der Waals surface area contributed by atoms with Crippen LogP contribution in [0.2, 0.25) is 0 Å². The lowest BCUT2D eigenvalue weighted by atomic mass is 10.0. The van der Waals surface area contributed by atoms with Gasteiger partial charge in [-0.2, -0.15) is 0 Å². The van der Waals surface area contributed by atoms with E-state index in [4.69, 9.17) is 0 Å². The maximum atomic E-state index is 12.1. The van der Waals surface area contributed by atoms with E-state index in [0.717, 1.165) is 22.6 Å². The molecule has 1 N–H and O–H groups in total. The fraction of sp³-hybridized carbons (Fsp3) is 0.250. The number of anilines is 1. The predicted molar refractivity (Wildman–Crippen MR) is 104 cm³/mol. The van der Waals surface area contributed by atoms with Gasteiger partial charge in [0.25, 0.3) is 0 Å². The summed E-state index contributed by atoms with van der Waals surface area (Å²) in [6, 6.07) is 13.3. The third kappa shape index (κ3) is 4.37. The summed E-state index contributed by atoms with van der Waals surface area (Å²) in [5.74, 6) is 0.976. The van der Waals surface area contributed by atoms with Crippen LogP contribution < -0.4 is 5.32 Å². The summed E-state index contributed by atoms with van der Waals surface area (Å²) in [6.45, 7) is 4.01. The minimum absolute atomic E-state index is 0.0416. The lowest BCUT2D eigenvalue weighted by Crippen LogP contribution is -2.18. The molecule has 0 aliphatic carbocycles. The Morgan fingerprint density at radius 1 is 1.20 bits per heavy atom. The quantitative estimate of drug-likeness (QED) is 0.871. The molecular weight excluding hydrogens is 332 g/mol. The minimum Gasteiger partial charge on any atom is -0.325 e. The third-order valence-corrected chi connectivity index (χ3v) is 5.01. The van der Waals surface area contributed by atoms with Gasteiger partial charge >= 0.3 is 0 Å². The summed E-state index contributed by atoms with van der Waals surface area (Å²) < 4.78 is 0. The number of ketones is 1. The van der Waals surface area contributed by atoms with E-state index in [1.165, 1.54) is 17.3 Å². The van der Waals surface area contributed by atoms with Gasteiger partial charge in [-0.1, -0.05) is 29.8 Å². The van der Waals surface area contributed by atoms with Gasteiger partial charge in [-0.25, -0.2) is 0 Å². The highest BCUT2D eigenvalue weighted by molar-refractivity contribution is 8.00. The van der Waals surface area contributed by atoms with Crippen molar-refractivity contribution in [1.82, 2.24) is 0 Å². The Balaban J connectivity index is 1.54. The van der Waals surface area contributed by atoms with Crippen LogP contribution >= 0.6 is 11.8 Å². The van der Waals surface area contributed by atoms with E-state index >= 15 is 0 Å². The molecule has 0 saturated carbocycles. The fourth-order valence-corrected chi connectivity index (χ4v) is 3.54. The van der Waals surface area contributed by atoms with Gasteiger partial charge in [0.2, 0.25) is 5.91 Å². The van der Waals surface area contributed by atoms with E-state index in [9.17, 15) is 9.59 Å². The topological polar surface area (TPSA) is 58.5 Å². The van der Waals surface area contributed by atoms with Crippen LogP contribution in [-0.4, -0.2) is 28.9 Å². The molecule has 0 aromatic heterocycles. The molecule has 0 radical (unpaired) electrons. The molecule has 128 valence electrons. The zero-order chi connectivity index (χ0) is 17.8. The minimum atomic E-state index is -0.0416. The average Bonchev–Trinajstić information content (AvgIpc) is 2.57. The Bertz CT molecular complexity index is 859. The molecule has 0 saturated heterocycles. The molecule has 0 atom stereocenters. The highest BCUT2D eigenvalue weighted by Gasteiger charge is 2.19. The van der Waals surface area contributed by atoms with Crippen molar-refractivity contribution in [2.45, 2.75) is 20.3 Å². The van der Waals surface area contributed by atoms with Crippen molar-refractivity contribution in [3.8, 4) is 0 Å². The summed E-state index contributed by atoms with van der Waals surface area (Å²) in [5, 5.41) is 2.93. The van der Waals surface area contributed by atoms with Crippen molar-refractivity contribution in [1.29, 1.82) is 0 Å². The largest absolute Gasteiger partial charge is 0.325 e. The number of Topliss-reactive ketones (excluding diaryl/α,β-unsaturated/α-hetero) is 1. The van der Waals surface area contributed by atoms with Gasteiger partial charge in [0, 0.05) is 22.7 Å². The van der Waals surface area contributed by atoms with Crippen LogP contribution in [0, 0.1) is 13.8 Å². The number of fused-ring (bicyclic) bond motifs is 1. The Labute approximate surface area is 151 Å². The van der Waals surface area contributed by atoms with Crippen molar-refractivity contribution in [2.24, 2.45) is 4.99 Å². The molecule has 5 heteroatoms. The molecule has 25 heavy (non-hydrogen) atoms. The number of hydrogen-bond donors (Lipinski definition) is 1. The maximum Gasteiger partial charge on any atom is 0.234 e. The van der Waals surface area contributed by atoms with Crippen LogP contribution in [0.3, 0.4) is 0 Å². The van der Waals surface area contributed by atoms with Crippen LogP contribution in [0.25, 0.3) is 0 Å². The third-order valence-electron chi connectivity index (χ3n) is 4.01. The molecule has 0 fully saturated rings. The monoisotopic (exact) mass is 352 g/mol. The summed E-state index contributed by atoms with van der Waals surface area (Å²) in [4.78, 5) is 28.8. The molecule has 1 amide bonds. The van der Waals surface area contributed by atoms with Crippen molar-refractivity contribution in [3.63, 3.8) is 0 Å². The van der Waals surface area contributed by atoms with Crippen LogP contribution in [0.15, 0.2) is 47.5 Å². The van der Waals surface area contributed by atoms with Gasteiger partial charge in [0.05, 0.1) is 17.9 Å². The first-order valence-corrected chi connectivity index (χ1v) is 9.32. The van der Waals surface area contributed by atoms with E-state index in [0.29, 0.717) is 23.5 Å². The average molecular weight is 352 g/mol. The van der Waals surface area contributed by atoms with Gasteiger partial charge in [-0.3, -0.25) is 14.6 Å². The maximum absolute atomic E-state index is 12.1.